The van der Waals surface area contributed by atoms with E-state index in [0.717, 1.165) is 29.0 Å². The molecule has 1 saturated heterocycles. The third kappa shape index (κ3) is 1.26. The second-order valence-corrected chi connectivity index (χ2v) is 6.32. The van der Waals surface area contributed by atoms with E-state index in [-0.39, 0.29) is 11.8 Å². The maximum atomic E-state index is 12.5. The molecule has 0 saturated carbocycles. The number of amides is 2. The monoisotopic (exact) mass is 286 g/mol. The fourth-order valence-corrected chi connectivity index (χ4v) is 4.46. The standard InChI is InChI=1S/C15H14N2O2S/c1-20-13-9-6-2-4-8-5-3-7-15(10(8)9)11(16-13)12(18)17-14(15)19/h2,4,6,11H,3,5,7H2,1H3,(H,17,18,19). The Bertz CT molecular complexity index is 682. The summed E-state index contributed by atoms with van der Waals surface area (Å²) in [6.07, 6.45) is 4.58. The van der Waals surface area contributed by atoms with Crippen LogP contribution < -0.4 is 5.32 Å². The molecule has 1 N–H and O–H groups in total. The Kier molecular flexibility index (Phi) is 2.40. The minimum absolute atomic E-state index is 0.162. The Morgan fingerprint density at radius 1 is 1.40 bits per heavy atom. The Labute approximate surface area is 121 Å². The van der Waals surface area contributed by atoms with Crippen LogP contribution in [0.4, 0.5) is 0 Å². The van der Waals surface area contributed by atoms with Gasteiger partial charge in [-0.3, -0.25) is 19.9 Å². The number of hydrogen-bond acceptors (Lipinski definition) is 4. The zero-order chi connectivity index (χ0) is 13.9. The maximum absolute atomic E-state index is 12.5. The smallest absolute Gasteiger partial charge is 0.252 e. The highest BCUT2D eigenvalue weighted by molar-refractivity contribution is 8.13. The lowest BCUT2D eigenvalue weighted by Gasteiger charge is -2.40. The van der Waals surface area contributed by atoms with Crippen LogP contribution in [0.2, 0.25) is 0 Å². The van der Waals surface area contributed by atoms with Crippen molar-refractivity contribution in [1.29, 1.82) is 0 Å². The number of nitrogens with one attached hydrogen (secondary N) is 1. The fraction of sp³-hybridized carbons (Fsp3) is 0.400. The van der Waals surface area contributed by atoms with Crippen LogP contribution in [0.25, 0.3) is 0 Å². The van der Waals surface area contributed by atoms with Gasteiger partial charge in [-0.1, -0.05) is 18.2 Å². The van der Waals surface area contributed by atoms with Crippen molar-refractivity contribution in [2.24, 2.45) is 4.99 Å². The molecule has 1 aromatic carbocycles. The van der Waals surface area contributed by atoms with E-state index in [9.17, 15) is 9.59 Å². The van der Waals surface area contributed by atoms with Crippen LogP contribution in [-0.2, 0) is 21.4 Å². The summed E-state index contributed by atoms with van der Waals surface area (Å²) in [5, 5.41) is 3.37. The predicted molar refractivity (Wildman–Crippen MR) is 78.0 cm³/mol. The van der Waals surface area contributed by atoms with Crippen molar-refractivity contribution in [2.45, 2.75) is 30.7 Å². The highest BCUT2D eigenvalue weighted by Crippen LogP contribution is 2.49. The number of benzene rings is 1. The first kappa shape index (κ1) is 12.1. The van der Waals surface area contributed by atoms with Crippen molar-refractivity contribution in [1.82, 2.24) is 5.32 Å². The molecule has 2 amide bonds. The number of carbonyl (C=O) groups is 2. The first-order valence-corrected chi connectivity index (χ1v) is 8.01. The molecule has 0 radical (unpaired) electrons. The van der Waals surface area contributed by atoms with E-state index in [4.69, 9.17) is 0 Å². The summed E-state index contributed by atoms with van der Waals surface area (Å²) >= 11 is 1.54. The van der Waals surface area contributed by atoms with E-state index in [1.54, 1.807) is 11.8 Å². The van der Waals surface area contributed by atoms with E-state index < -0.39 is 11.5 Å². The van der Waals surface area contributed by atoms with Crippen LogP contribution in [0.5, 0.6) is 0 Å². The zero-order valence-electron chi connectivity index (χ0n) is 11.1. The molecule has 2 heterocycles. The Balaban J connectivity index is 2.09. The number of rotatable bonds is 0. The van der Waals surface area contributed by atoms with E-state index in [0.29, 0.717) is 6.42 Å². The Morgan fingerprint density at radius 3 is 3.05 bits per heavy atom. The average molecular weight is 286 g/mol. The molecule has 20 heavy (non-hydrogen) atoms. The lowest BCUT2D eigenvalue weighted by molar-refractivity contribution is -0.126. The summed E-state index contributed by atoms with van der Waals surface area (Å²) in [5.41, 5.74) is 2.54. The number of carbonyl (C=O) groups excluding carboxylic acids is 2. The summed E-state index contributed by atoms with van der Waals surface area (Å²) in [7, 11) is 0. The van der Waals surface area contributed by atoms with Crippen molar-refractivity contribution in [3.63, 3.8) is 0 Å². The number of imide groups is 1. The summed E-state index contributed by atoms with van der Waals surface area (Å²) in [6.45, 7) is 0. The third-order valence-electron chi connectivity index (χ3n) is 4.64. The summed E-state index contributed by atoms with van der Waals surface area (Å²) in [5.74, 6) is -0.409. The molecule has 4 rings (SSSR count). The molecule has 102 valence electrons. The van der Waals surface area contributed by atoms with Crippen LogP contribution in [0.3, 0.4) is 0 Å². The Hall–Kier alpha value is -1.62. The van der Waals surface area contributed by atoms with Gasteiger partial charge in [0.25, 0.3) is 5.91 Å². The van der Waals surface area contributed by atoms with Crippen LogP contribution in [0, 0.1) is 0 Å². The summed E-state index contributed by atoms with van der Waals surface area (Å²) in [4.78, 5) is 29.2. The lowest BCUT2D eigenvalue weighted by Crippen LogP contribution is -2.48. The van der Waals surface area contributed by atoms with Crippen molar-refractivity contribution >= 4 is 28.6 Å². The van der Waals surface area contributed by atoms with Crippen molar-refractivity contribution in [2.75, 3.05) is 6.26 Å². The van der Waals surface area contributed by atoms with E-state index in [2.05, 4.69) is 16.4 Å². The molecule has 0 aromatic heterocycles. The molecule has 0 bridgehead atoms. The predicted octanol–water partition coefficient (Wildman–Crippen LogP) is 1.41. The van der Waals surface area contributed by atoms with Crippen LogP contribution in [0.15, 0.2) is 23.2 Å². The SMILES string of the molecule is CSC1=NC2C(=O)NC(=O)C23CCCc2cccc1c23. The van der Waals surface area contributed by atoms with E-state index in [1.807, 2.05) is 18.4 Å². The number of hydrogen-bond donors (Lipinski definition) is 1. The van der Waals surface area contributed by atoms with Gasteiger partial charge in [0.1, 0.15) is 11.5 Å². The number of aryl methyl sites for hydroxylation is 1. The second-order valence-electron chi connectivity index (χ2n) is 5.52. The highest BCUT2D eigenvalue weighted by atomic mass is 32.2. The minimum atomic E-state index is -0.750. The first-order valence-electron chi connectivity index (χ1n) is 6.78. The lowest BCUT2D eigenvalue weighted by atomic mass is 9.64. The van der Waals surface area contributed by atoms with Crippen molar-refractivity contribution < 1.29 is 9.59 Å². The molecular formula is C15H14N2O2S. The quantitative estimate of drug-likeness (QED) is 0.734. The molecular weight excluding hydrogens is 272 g/mol. The molecule has 4 nitrogen and oxygen atoms in total. The number of nitrogens with zero attached hydrogens (tertiary/aromatic N) is 1. The highest BCUT2D eigenvalue weighted by Gasteiger charge is 2.60. The third-order valence-corrected chi connectivity index (χ3v) is 5.35. The maximum Gasteiger partial charge on any atom is 0.252 e. The van der Waals surface area contributed by atoms with Gasteiger partial charge in [-0.05, 0) is 36.6 Å². The molecule has 2 aliphatic heterocycles. The minimum Gasteiger partial charge on any atom is -0.294 e. The van der Waals surface area contributed by atoms with Gasteiger partial charge in [0.15, 0.2) is 0 Å². The van der Waals surface area contributed by atoms with E-state index in [1.165, 1.54) is 5.56 Å². The fourth-order valence-electron chi connectivity index (χ4n) is 3.85. The van der Waals surface area contributed by atoms with Gasteiger partial charge in [0.05, 0.1) is 5.04 Å². The largest absolute Gasteiger partial charge is 0.294 e. The van der Waals surface area contributed by atoms with Gasteiger partial charge in [-0.15, -0.1) is 11.8 Å². The van der Waals surface area contributed by atoms with Crippen molar-refractivity contribution in [3.8, 4) is 0 Å². The van der Waals surface area contributed by atoms with Gasteiger partial charge < -0.3 is 0 Å². The molecule has 1 aliphatic carbocycles. The zero-order valence-corrected chi connectivity index (χ0v) is 11.9. The molecule has 2 unspecified atom stereocenters. The topological polar surface area (TPSA) is 58.5 Å². The molecule has 5 heteroatoms. The first-order chi connectivity index (χ1) is 9.68. The molecule has 3 aliphatic rings. The van der Waals surface area contributed by atoms with Gasteiger partial charge in [0, 0.05) is 5.56 Å². The Morgan fingerprint density at radius 2 is 2.25 bits per heavy atom. The van der Waals surface area contributed by atoms with Gasteiger partial charge >= 0.3 is 0 Å². The number of thioether (sulfide) groups is 1. The summed E-state index contributed by atoms with van der Waals surface area (Å²) in [6, 6.07) is 5.55. The van der Waals surface area contributed by atoms with Gasteiger partial charge in [0.2, 0.25) is 5.91 Å². The van der Waals surface area contributed by atoms with Crippen LogP contribution in [0.1, 0.15) is 29.5 Å². The van der Waals surface area contributed by atoms with Gasteiger partial charge in [-0.2, -0.15) is 0 Å². The molecule has 1 aromatic rings. The summed E-state index contributed by atoms with van der Waals surface area (Å²) < 4.78 is 0. The molecule has 2 atom stereocenters. The van der Waals surface area contributed by atoms with Crippen LogP contribution >= 0.6 is 11.8 Å². The van der Waals surface area contributed by atoms with Crippen LogP contribution in [-0.4, -0.2) is 29.2 Å². The second kappa shape index (κ2) is 3.95. The number of aliphatic imine (C=N–C) groups is 1. The normalized spacial score (nSPS) is 30.4. The van der Waals surface area contributed by atoms with Gasteiger partial charge in [-0.25, -0.2) is 0 Å². The van der Waals surface area contributed by atoms with Crippen molar-refractivity contribution in [3.05, 3.63) is 34.9 Å². The molecule has 1 fully saturated rings. The van der Waals surface area contributed by atoms with E-state index >= 15 is 0 Å². The molecule has 1 spiro atoms. The average Bonchev–Trinajstić information content (AvgIpc) is 2.70.